The first-order chi connectivity index (χ1) is 9.70. The van der Waals surface area contributed by atoms with Crippen molar-refractivity contribution in [2.75, 3.05) is 13.2 Å². The molecule has 2 fully saturated rings. The van der Waals surface area contributed by atoms with Crippen LogP contribution in [-0.4, -0.2) is 38.7 Å². The number of piperidine rings is 1. The van der Waals surface area contributed by atoms with Crippen molar-refractivity contribution in [1.29, 1.82) is 0 Å². The molecule has 1 N–H and O–H groups in total. The second-order valence-electron chi connectivity index (χ2n) is 8.65. The normalized spacial score (nSPS) is 33.0. The zero-order chi connectivity index (χ0) is 15.6. The number of ether oxygens (including phenoxy) is 1. The topological polar surface area (TPSA) is 30.5 Å². The molecule has 0 spiro atoms. The highest BCUT2D eigenvalue weighted by Crippen LogP contribution is 2.31. The Morgan fingerprint density at radius 1 is 1.14 bits per heavy atom. The maximum Gasteiger partial charge on any atom is 0.189 e. The van der Waals surface area contributed by atoms with E-state index in [1.807, 2.05) is 0 Å². The summed E-state index contributed by atoms with van der Waals surface area (Å²) >= 11 is 0. The summed E-state index contributed by atoms with van der Waals surface area (Å²) in [5.41, 5.74) is 0.360. The molecule has 2 aliphatic heterocycles. The summed E-state index contributed by atoms with van der Waals surface area (Å²) in [6, 6.07) is 2.62. The molecule has 124 valence electrons. The molecule has 2 rings (SSSR count). The summed E-state index contributed by atoms with van der Waals surface area (Å²) in [4.78, 5) is 0. The summed E-state index contributed by atoms with van der Waals surface area (Å²) < 4.78 is 12.3. The lowest BCUT2D eigenvalue weighted by Crippen LogP contribution is -2.59. The molecule has 0 bridgehead atoms. The zero-order valence-corrected chi connectivity index (χ0v) is 15.8. The third kappa shape index (κ3) is 5.66. The molecule has 1 atom stereocenters. The Morgan fingerprint density at radius 2 is 1.81 bits per heavy atom. The third-order valence-corrected chi connectivity index (χ3v) is 8.63. The van der Waals surface area contributed by atoms with E-state index in [4.69, 9.17) is 9.16 Å². The van der Waals surface area contributed by atoms with Gasteiger partial charge < -0.3 is 14.5 Å². The van der Waals surface area contributed by atoms with Gasteiger partial charge in [-0.2, -0.15) is 0 Å². The highest BCUT2D eigenvalue weighted by molar-refractivity contribution is 6.72. The van der Waals surface area contributed by atoms with Crippen LogP contribution >= 0.6 is 0 Å². The minimum Gasteiger partial charge on any atom is -0.417 e. The van der Waals surface area contributed by atoms with E-state index in [0.29, 0.717) is 6.10 Å². The van der Waals surface area contributed by atoms with Crippen LogP contribution < -0.4 is 5.32 Å². The fourth-order valence-corrected chi connectivity index (χ4v) is 7.30. The van der Waals surface area contributed by atoms with Gasteiger partial charge in [-0.05, 0) is 72.0 Å². The minimum absolute atomic E-state index is 0.180. The Bertz CT molecular complexity index is 322. The number of hydrogen-bond donors (Lipinski definition) is 1. The number of rotatable bonds is 5. The largest absolute Gasteiger partial charge is 0.417 e. The molecule has 0 aromatic rings. The number of hydrogen-bond acceptors (Lipinski definition) is 3. The van der Waals surface area contributed by atoms with E-state index >= 15 is 0 Å². The van der Waals surface area contributed by atoms with Crippen LogP contribution in [0.5, 0.6) is 0 Å². The molecule has 0 radical (unpaired) electrons. The molecule has 0 aromatic heterocycles. The van der Waals surface area contributed by atoms with Gasteiger partial charge in [0.2, 0.25) is 0 Å². The molecule has 2 heterocycles. The fourth-order valence-electron chi connectivity index (χ4n) is 4.23. The van der Waals surface area contributed by atoms with E-state index in [0.717, 1.165) is 26.1 Å². The molecule has 0 aromatic carbocycles. The van der Waals surface area contributed by atoms with Crippen molar-refractivity contribution in [3.63, 3.8) is 0 Å². The van der Waals surface area contributed by atoms with Crippen LogP contribution in [0.1, 0.15) is 59.8 Å². The molecule has 0 aliphatic carbocycles. The van der Waals surface area contributed by atoms with Gasteiger partial charge >= 0.3 is 0 Å². The molecule has 2 aliphatic rings. The highest BCUT2D eigenvalue weighted by atomic mass is 28.4. The van der Waals surface area contributed by atoms with Crippen molar-refractivity contribution < 1.29 is 9.16 Å². The van der Waals surface area contributed by atoms with Gasteiger partial charge in [0.05, 0.1) is 6.10 Å². The van der Waals surface area contributed by atoms with Crippen LogP contribution in [0.2, 0.25) is 18.6 Å². The van der Waals surface area contributed by atoms with Gasteiger partial charge in [-0.25, -0.2) is 0 Å². The van der Waals surface area contributed by atoms with Crippen molar-refractivity contribution in [3.05, 3.63) is 0 Å². The average molecular weight is 314 g/mol. The Hall–Kier alpha value is 0.0969. The van der Waals surface area contributed by atoms with Crippen molar-refractivity contribution in [2.24, 2.45) is 0 Å². The van der Waals surface area contributed by atoms with Crippen molar-refractivity contribution >= 4 is 8.32 Å². The lowest BCUT2D eigenvalue weighted by molar-refractivity contribution is -0.0216. The highest BCUT2D eigenvalue weighted by Gasteiger charge is 2.38. The lowest BCUT2D eigenvalue weighted by Gasteiger charge is -2.46. The van der Waals surface area contributed by atoms with E-state index in [1.54, 1.807) is 0 Å². The molecular weight excluding hydrogens is 278 g/mol. The van der Waals surface area contributed by atoms with Gasteiger partial charge in [0.1, 0.15) is 0 Å². The Kier molecular flexibility index (Phi) is 5.56. The summed E-state index contributed by atoms with van der Waals surface area (Å²) in [5, 5.41) is 3.72. The van der Waals surface area contributed by atoms with E-state index < -0.39 is 8.32 Å². The van der Waals surface area contributed by atoms with Gasteiger partial charge in [-0.15, -0.1) is 0 Å². The van der Waals surface area contributed by atoms with Crippen LogP contribution in [0.25, 0.3) is 0 Å². The smallest absolute Gasteiger partial charge is 0.189 e. The van der Waals surface area contributed by atoms with E-state index in [2.05, 4.69) is 39.6 Å². The monoisotopic (exact) mass is 313 g/mol. The maximum atomic E-state index is 6.22. The molecule has 0 saturated carbocycles. The van der Waals surface area contributed by atoms with Gasteiger partial charge in [-0.1, -0.05) is 6.42 Å². The lowest BCUT2D eigenvalue weighted by atomic mass is 9.81. The molecule has 3 nitrogen and oxygen atoms in total. The second-order valence-corrected chi connectivity index (χ2v) is 12.8. The minimum atomic E-state index is -1.37. The molecule has 2 saturated heterocycles. The van der Waals surface area contributed by atoms with E-state index in [-0.39, 0.29) is 11.1 Å². The first kappa shape index (κ1) is 17.5. The van der Waals surface area contributed by atoms with Gasteiger partial charge in [0.15, 0.2) is 8.32 Å². The molecule has 0 amide bonds. The molecule has 1 unspecified atom stereocenters. The van der Waals surface area contributed by atoms with Gasteiger partial charge in [0, 0.05) is 24.3 Å². The molecule has 21 heavy (non-hydrogen) atoms. The molecule has 4 heteroatoms. The Labute approximate surface area is 132 Å². The predicted molar refractivity (Wildman–Crippen MR) is 91.3 cm³/mol. The van der Waals surface area contributed by atoms with Crippen LogP contribution in [-0.2, 0) is 9.16 Å². The second kappa shape index (κ2) is 6.69. The van der Waals surface area contributed by atoms with E-state index in [9.17, 15) is 0 Å². The summed E-state index contributed by atoms with van der Waals surface area (Å²) in [6.07, 6.45) is 6.44. The summed E-state index contributed by atoms with van der Waals surface area (Å²) in [7, 11) is -1.37. The maximum absolute atomic E-state index is 6.22. The van der Waals surface area contributed by atoms with Crippen LogP contribution in [0.3, 0.4) is 0 Å². The van der Waals surface area contributed by atoms with Crippen molar-refractivity contribution in [2.45, 2.75) is 95.6 Å². The van der Waals surface area contributed by atoms with Gasteiger partial charge in [-0.3, -0.25) is 0 Å². The number of nitrogens with one attached hydrogen (secondary N) is 1. The zero-order valence-electron chi connectivity index (χ0n) is 14.8. The van der Waals surface area contributed by atoms with E-state index in [1.165, 1.54) is 31.4 Å². The van der Waals surface area contributed by atoms with Crippen LogP contribution in [0.15, 0.2) is 0 Å². The predicted octanol–water partition coefficient (Wildman–Crippen LogP) is 4.09. The molecular formula is C17H35NO2Si. The average Bonchev–Trinajstić information content (AvgIpc) is 2.32. The third-order valence-electron chi connectivity index (χ3n) is 4.91. The Balaban J connectivity index is 1.70. The van der Waals surface area contributed by atoms with Crippen molar-refractivity contribution in [1.82, 2.24) is 5.32 Å². The summed E-state index contributed by atoms with van der Waals surface area (Å²) in [5.74, 6) is 0. The fraction of sp³-hybridized carbons (Fsp3) is 1.00. The van der Waals surface area contributed by atoms with Gasteiger partial charge in [0.25, 0.3) is 0 Å². The standard InChI is InChI=1S/C17H35NO2Si/c1-16(2)13-15(14-17(3,4)18-16)19-9-8-12-21(5)11-7-6-10-20-21/h15,18H,6-14H2,1-5H3. The first-order valence-electron chi connectivity index (χ1n) is 8.75. The van der Waals surface area contributed by atoms with Crippen LogP contribution in [0, 0.1) is 0 Å². The Morgan fingerprint density at radius 3 is 2.38 bits per heavy atom. The SMILES string of the molecule is CC1(C)CC(OCCC[Si]2(C)CCCCO2)CC(C)(C)N1. The quantitative estimate of drug-likeness (QED) is 0.612. The first-order valence-corrected chi connectivity index (χ1v) is 11.6. The van der Waals surface area contributed by atoms with Crippen molar-refractivity contribution in [3.8, 4) is 0 Å². The summed E-state index contributed by atoms with van der Waals surface area (Å²) in [6.45, 7) is 13.5. The van der Waals surface area contributed by atoms with Crippen LogP contribution in [0.4, 0.5) is 0 Å².